The Bertz CT molecular complexity index is 283. The van der Waals surface area contributed by atoms with Crippen LogP contribution in [0, 0.1) is 0 Å². The Balaban J connectivity index is 2.61. The SMILES string of the molecule is O=C1O[N]c2ccccc21. The zero-order valence-electron chi connectivity index (χ0n) is 5.07. The van der Waals surface area contributed by atoms with Gasteiger partial charge in [-0.05, 0) is 12.1 Å². The minimum Gasteiger partial charge on any atom is -0.312 e. The molecule has 10 heavy (non-hydrogen) atoms. The summed E-state index contributed by atoms with van der Waals surface area (Å²) < 4.78 is 0. The van der Waals surface area contributed by atoms with Crippen LogP contribution in [-0.4, -0.2) is 5.97 Å². The number of hydrogen-bond acceptors (Lipinski definition) is 2. The third-order valence-electron chi connectivity index (χ3n) is 1.35. The van der Waals surface area contributed by atoms with Crippen molar-refractivity contribution in [1.82, 2.24) is 5.48 Å². The van der Waals surface area contributed by atoms with Crippen LogP contribution >= 0.6 is 0 Å². The van der Waals surface area contributed by atoms with E-state index < -0.39 is 0 Å². The van der Waals surface area contributed by atoms with Gasteiger partial charge in [-0.2, -0.15) is 0 Å². The highest BCUT2D eigenvalue weighted by Crippen LogP contribution is 2.21. The molecule has 0 atom stereocenters. The fourth-order valence-corrected chi connectivity index (χ4v) is 0.866. The lowest BCUT2D eigenvalue weighted by Crippen LogP contribution is -1.95. The lowest BCUT2D eigenvalue weighted by atomic mass is 10.2. The Morgan fingerprint density at radius 1 is 1.30 bits per heavy atom. The number of carbonyl (C=O) groups excluding carboxylic acids is 1. The van der Waals surface area contributed by atoms with Crippen LogP contribution in [0.1, 0.15) is 10.4 Å². The van der Waals surface area contributed by atoms with Crippen molar-refractivity contribution in [2.45, 2.75) is 0 Å². The maximum absolute atomic E-state index is 10.7. The minimum absolute atomic E-state index is 0.365. The summed E-state index contributed by atoms with van der Waals surface area (Å²) >= 11 is 0. The van der Waals surface area contributed by atoms with Crippen molar-refractivity contribution >= 4 is 11.7 Å². The maximum atomic E-state index is 10.7. The molecule has 2 rings (SSSR count). The molecular formula is C7H4NO2. The van der Waals surface area contributed by atoms with Gasteiger partial charge < -0.3 is 4.84 Å². The predicted octanol–water partition coefficient (Wildman–Crippen LogP) is 1.01. The molecule has 3 nitrogen and oxygen atoms in total. The highest BCUT2D eigenvalue weighted by molar-refractivity contribution is 5.96. The lowest BCUT2D eigenvalue weighted by Gasteiger charge is -1.85. The van der Waals surface area contributed by atoms with Crippen molar-refractivity contribution in [3.63, 3.8) is 0 Å². The van der Waals surface area contributed by atoms with Crippen LogP contribution in [-0.2, 0) is 4.84 Å². The molecular weight excluding hydrogens is 130 g/mol. The summed E-state index contributed by atoms with van der Waals surface area (Å²) in [5, 5.41) is 0. The van der Waals surface area contributed by atoms with Crippen molar-refractivity contribution < 1.29 is 9.63 Å². The van der Waals surface area contributed by atoms with E-state index in [0.717, 1.165) is 0 Å². The third kappa shape index (κ3) is 0.572. The van der Waals surface area contributed by atoms with Crippen molar-refractivity contribution in [2.24, 2.45) is 0 Å². The van der Waals surface area contributed by atoms with E-state index in [1.165, 1.54) is 0 Å². The van der Waals surface area contributed by atoms with E-state index in [-0.39, 0.29) is 5.97 Å². The summed E-state index contributed by atoms with van der Waals surface area (Å²) in [6.45, 7) is 0. The standard InChI is InChI=1S/C7H4NO2/c9-7-5-3-1-2-4-6(5)8-10-7/h1-4H. The largest absolute Gasteiger partial charge is 0.368 e. The van der Waals surface area contributed by atoms with Gasteiger partial charge in [0.15, 0.2) is 0 Å². The maximum Gasteiger partial charge on any atom is 0.368 e. The second kappa shape index (κ2) is 1.73. The van der Waals surface area contributed by atoms with Gasteiger partial charge in [0.25, 0.3) is 0 Å². The zero-order valence-corrected chi connectivity index (χ0v) is 5.07. The highest BCUT2D eigenvalue weighted by Gasteiger charge is 2.21. The molecule has 0 bridgehead atoms. The Morgan fingerprint density at radius 3 is 2.90 bits per heavy atom. The first-order valence-corrected chi connectivity index (χ1v) is 2.89. The van der Waals surface area contributed by atoms with Gasteiger partial charge in [0.05, 0.1) is 5.56 Å². The molecule has 1 aliphatic rings. The summed E-state index contributed by atoms with van der Waals surface area (Å²) in [5.41, 5.74) is 4.69. The van der Waals surface area contributed by atoms with Crippen LogP contribution in [0.15, 0.2) is 24.3 Å². The molecule has 0 aromatic heterocycles. The second-order valence-corrected chi connectivity index (χ2v) is 1.99. The Labute approximate surface area is 57.6 Å². The van der Waals surface area contributed by atoms with Gasteiger partial charge in [0.1, 0.15) is 5.69 Å². The molecule has 0 saturated carbocycles. The Hall–Kier alpha value is -1.51. The number of nitrogens with zero attached hydrogens (tertiary/aromatic N) is 1. The normalized spacial score (nSPS) is 13.8. The molecule has 0 amide bonds. The van der Waals surface area contributed by atoms with Gasteiger partial charge in [-0.1, -0.05) is 17.6 Å². The monoisotopic (exact) mass is 134 g/mol. The molecule has 0 spiro atoms. The number of rotatable bonds is 0. The quantitative estimate of drug-likeness (QED) is 0.531. The molecule has 1 aromatic rings. The van der Waals surface area contributed by atoms with Gasteiger partial charge in [-0.15, -0.1) is 0 Å². The van der Waals surface area contributed by atoms with Gasteiger partial charge in [-0.3, -0.25) is 0 Å². The molecule has 1 radical (unpaired) electrons. The van der Waals surface area contributed by atoms with E-state index in [1.54, 1.807) is 18.2 Å². The second-order valence-electron chi connectivity index (χ2n) is 1.99. The van der Waals surface area contributed by atoms with Crippen molar-refractivity contribution in [1.29, 1.82) is 0 Å². The highest BCUT2D eigenvalue weighted by atomic mass is 16.7. The first-order chi connectivity index (χ1) is 4.88. The third-order valence-corrected chi connectivity index (χ3v) is 1.35. The van der Waals surface area contributed by atoms with Crippen LogP contribution in [0.3, 0.4) is 0 Å². The van der Waals surface area contributed by atoms with E-state index in [1.807, 2.05) is 6.07 Å². The van der Waals surface area contributed by atoms with Gasteiger partial charge >= 0.3 is 5.97 Å². The zero-order chi connectivity index (χ0) is 6.97. The lowest BCUT2D eigenvalue weighted by molar-refractivity contribution is 0.0413. The van der Waals surface area contributed by atoms with Crippen molar-refractivity contribution in [2.75, 3.05) is 0 Å². The predicted molar refractivity (Wildman–Crippen MR) is 33.7 cm³/mol. The number of fused-ring (bicyclic) bond motifs is 1. The van der Waals surface area contributed by atoms with Crippen LogP contribution in [0.4, 0.5) is 5.69 Å². The molecule has 0 fully saturated rings. The van der Waals surface area contributed by atoms with Gasteiger partial charge in [-0.25, -0.2) is 4.79 Å². The van der Waals surface area contributed by atoms with Gasteiger partial charge in [0.2, 0.25) is 0 Å². The topological polar surface area (TPSA) is 40.4 Å². The summed E-state index contributed by atoms with van der Waals surface area (Å²) in [5.74, 6) is -0.365. The van der Waals surface area contributed by atoms with Crippen LogP contribution < -0.4 is 5.48 Å². The summed E-state index contributed by atoms with van der Waals surface area (Å²) in [7, 11) is 0. The molecule has 49 valence electrons. The molecule has 3 heteroatoms. The molecule has 0 unspecified atom stereocenters. The smallest absolute Gasteiger partial charge is 0.312 e. The number of carbonyl (C=O) groups is 1. The Kier molecular flexibility index (Phi) is 0.917. The summed E-state index contributed by atoms with van der Waals surface area (Å²) in [4.78, 5) is 15.2. The van der Waals surface area contributed by atoms with Crippen LogP contribution in [0.5, 0.6) is 0 Å². The fourth-order valence-electron chi connectivity index (χ4n) is 0.866. The molecule has 1 heterocycles. The minimum atomic E-state index is -0.365. The molecule has 0 saturated heterocycles. The van der Waals surface area contributed by atoms with Crippen LogP contribution in [0.2, 0.25) is 0 Å². The van der Waals surface area contributed by atoms with E-state index >= 15 is 0 Å². The van der Waals surface area contributed by atoms with E-state index in [2.05, 4.69) is 10.3 Å². The molecule has 1 aromatic carbocycles. The average molecular weight is 134 g/mol. The summed E-state index contributed by atoms with van der Waals surface area (Å²) in [6.07, 6.45) is 0. The van der Waals surface area contributed by atoms with E-state index in [4.69, 9.17) is 0 Å². The first kappa shape index (κ1) is 5.29. The van der Waals surface area contributed by atoms with Crippen molar-refractivity contribution in [3.8, 4) is 0 Å². The van der Waals surface area contributed by atoms with Gasteiger partial charge in [0, 0.05) is 0 Å². The molecule has 0 aliphatic carbocycles. The van der Waals surface area contributed by atoms with E-state index in [9.17, 15) is 4.79 Å². The summed E-state index contributed by atoms with van der Waals surface area (Å²) in [6, 6.07) is 7.01. The molecule has 0 N–H and O–H groups in total. The Morgan fingerprint density at radius 2 is 2.10 bits per heavy atom. The number of benzene rings is 1. The van der Waals surface area contributed by atoms with Crippen LogP contribution in [0.25, 0.3) is 0 Å². The first-order valence-electron chi connectivity index (χ1n) is 2.89. The number of hydrogen-bond donors (Lipinski definition) is 0. The van der Waals surface area contributed by atoms with Crippen molar-refractivity contribution in [3.05, 3.63) is 29.8 Å². The average Bonchev–Trinajstić information content (AvgIpc) is 2.34. The fraction of sp³-hybridized carbons (Fsp3) is 0. The molecule has 1 aliphatic heterocycles. The van der Waals surface area contributed by atoms with E-state index in [0.29, 0.717) is 11.3 Å².